The number of halogens is 4. The molecular formula is C25H24F4N4O3S. The molecule has 1 aromatic heterocycles. The Bertz CT molecular complexity index is 1450. The zero-order valence-electron chi connectivity index (χ0n) is 19.8. The Hall–Kier alpha value is -3.25. The third kappa shape index (κ3) is 4.87. The van der Waals surface area contributed by atoms with Gasteiger partial charge in [0.1, 0.15) is 23.1 Å². The van der Waals surface area contributed by atoms with E-state index in [1.165, 1.54) is 33.8 Å². The Kier molecular flexibility index (Phi) is 6.35. The molecule has 1 saturated heterocycles. The fourth-order valence-corrected chi connectivity index (χ4v) is 6.26. The van der Waals surface area contributed by atoms with Crippen molar-refractivity contribution in [2.24, 2.45) is 7.05 Å². The van der Waals surface area contributed by atoms with Gasteiger partial charge in [0.15, 0.2) is 0 Å². The molecule has 1 amide bonds. The number of rotatable bonds is 7. The number of nitrogens with one attached hydrogen (secondary N) is 1. The first-order valence-electron chi connectivity index (χ1n) is 11.7. The van der Waals surface area contributed by atoms with E-state index in [2.05, 4.69) is 9.82 Å². The summed E-state index contributed by atoms with van der Waals surface area (Å²) < 4.78 is 86.8. The molecule has 1 saturated carbocycles. The highest BCUT2D eigenvalue weighted by atomic mass is 32.2. The molecule has 0 unspecified atom stereocenters. The first-order chi connectivity index (χ1) is 17.5. The number of benzene rings is 2. The maximum atomic E-state index is 15.6. The van der Waals surface area contributed by atoms with E-state index >= 15 is 4.39 Å². The van der Waals surface area contributed by atoms with Gasteiger partial charge >= 0.3 is 0 Å². The molecule has 12 heteroatoms. The molecule has 2 atom stereocenters. The molecule has 2 fully saturated rings. The van der Waals surface area contributed by atoms with Crippen molar-refractivity contribution in [3.8, 4) is 11.1 Å². The minimum Gasteiger partial charge on any atom is -0.332 e. The van der Waals surface area contributed by atoms with Gasteiger partial charge in [-0.2, -0.15) is 5.10 Å². The fourth-order valence-electron chi connectivity index (χ4n) is 4.74. The highest BCUT2D eigenvalue weighted by Crippen LogP contribution is 2.45. The number of hydrogen-bond acceptors (Lipinski definition) is 4. The van der Waals surface area contributed by atoms with Gasteiger partial charge in [-0.05, 0) is 42.2 Å². The minimum atomic E-state index is -4.33. The van der Waals surface area contributed by atoms with Crippen LogP contribution in [0.4, 0.5) is 17.6 Å². The molecule has 0 spiro atoms. The fraction of sp³-hybridized carbons (Fsp3) is 0.360. The van der Waals surface area contributed by atoms with E-state index in [4.69, 9.17) is 0 Å². The van der Waals surface area contributed by atoms with Crippen LogP contribution in [0.1, 0.15) is 35.3 Å². The molecule has 37 heavy (non-hydrogen) atoms. The summed E-state index contributed by atoms with van der Waals surface area (Å²) in [6.45, 7) is 0.142. The third-order valence-electron chi connectivity index (χ3n) is 6.85. The monoisotopic (exact) mass is 536 g/mol. The van der Waals surface area contributed by atoms with Crippen molar-refractivity contribution >= 4 is 15.9 Å². The lowest BCUT2D eigenvalue weighted by Crippen LogP contribution is -2.50. The number of nitrogens with zero attached hydrogens (tertiary/aromatic N) is 3. The van der Waals surface area contributed by atoms with Crippen LogP contribution in [0.2, 0.25) is 0 Å². The first-order valence-corrected chi connectivity index (χ1v) is 13.2. The average molecular weight is 537 g/mol. The van der Waals surface area contributed by atoms with Crippen molar-refractivity contribution in [1.29, 1.82) is 0 Å². The van der Waals surface area contributed by atoms with Crippen LogP contribution in [0.3, 0.4) is 0 Å². The van der Waals surface area contributed by atoms with Gasteiger partial charge in [-0.15, -0.1) is 0 Å². The van der Waals surface area contributed by atoms with Crippen molar-refractivity contribution in [2.45, 2.75) is 42.8 Å². The van der Waals surface area contributed by atoms with Crippen LogP contribution in [-0.2, 0) is 23.5 Å². The van der Waals surface area contributed by atoms with Crippen molar-refractivity contribution in [3.63, 3.8) is 0 Å². The van der Waals surface area contributed by atoms with E-state index in [1.807, 2.05) is 0 Å². The lowest BCUT2D eigenvalue weighted by molar-refractivity contribution is 0.0721. The van der Waals surface area contributed by atoms with Crippen LogP contribution in [0.5, 0.6) is 0 Å². The van der Waals surface area contributed by atoms with Crippen molar-refractivity contribution in [3.05, 3.63) is 77.4 Å². The van der Waals surface area contributed by atoms with Gasteiger partial charge in [0.25, 0.3) is 5.91 Å². The second-order valence-corrected chi connectivity index (χ2v) is 11.5. The molecule has 2 aromatic carbocycles. The van der Waals surface area contributed by atoms with E-state index in [0.717, 1.165) is 12.1 Å². The van der Waals surface area contributed by atoms with E-state index in [-0.39, 0.29) is 54.6 Å². The van der Waals surface area contributed by atoms with Crippen molar-refractivity contribution in [1.82, 2.24) is 19.4 Å². The molecule has 0 bridgehead atoms. The smallest absolute Gasteiger partial charge is 0.274 e. The lowest BCUT2D eigenvalue weighted by Gasteiger charge is -2.29. The Balaban J connectivity index is 1.49. The Morgan fingerprint density at radius 1 is 1.14 bits per heavy atom. The summed E-state index contributed by atoms with van der Waals surface area (Å²) in [5, 5.41) is 1.77. The molecular weight excluding hydrogens is 512 g/mol. The average Bonchev–Trinajstić information content (AvgIpc) is 3.27. The summed E-state index contributed by atoms with van der Waals surface area (Å²) in [5.74, 6) is -2.96. The van der Waals surface area contributed by atoms with Crippen LogP contribution in [-0.4, -0.2) is 52.6 Å². The molecule has 7 nitrogen and oxygen atoms in total. The summed E-state index contributed by atoms with van der Waals surface area (Å²) >= 11 is 0. The first kappa shape index (κ1) is 25.4. The molecule has 0 radical (unpaired) electrons. The van der Waals surface area contributed by atoms with Crippen LogP contribution in [0.25, 0.3) is 11.1 Å². The Morgan fingerprint density at radius 3 is 2.46 bits per heavy atom. The summed E-state index contributed by atoms with van der Waals surface area (Å²) in [6.07, 6.45) is 1.42. The standard InChI is InChI=1S/C25H24F4N4O3S/c1-32-9-5-21(30-32)24(34)33-10-6-20(31-37(35,36)25(29)7-8-25)22(33)13-15-3-2-4-19(23(15)28)16-11-17(26)14-18(27)12-16/h2-5,9,11-12,14,20,22,31H,6-8,10,13H2,1H3/t20-,22-/m0/s1. The molecule has 2 heterocycles. The predicted molar refractivity (Wildman–Crippen MR) is 127 cm³/mol. The minimum absolute atomic E-state index is 0.00459. The number of sulfonamides is 1. The number of carbonyl (C=O) groups is 1. The number of amides is 1. The van der Waals surface area contributed by atoms with Crippen LogP contribution in [0, 0.1) is 17.5 Å². The SMILES string of the molecule is Cn1ccc(C(=O)N2CC[C@H](NS(=O)(=O)C3(F)CC3)[C@@H]2Cc2cccc(-c3cc(F)cc(F)c3)c2F)n1. The Labute approximate surface area is 211 Å². The Morgan fingerprint density at radius 2 is 1.84 bits per heavy atom. The van der Waals surface area contributed by atoms with Crippen molar-refractivity contribution < 1.29 is 30.8 Å². The number of aryl methyl sites for hydroxylation is 1. The molecule has 1 aliphatic carbocycles. The summed E-state index contributed by atoms with van der Waals surface area (Å²) in [7, 11) is -2.69. The van der Waals surface area contributed by atoms with Crippen LogP contribution >= 0.6 is 0 Å². The lowest BCUT2D eigenvalue weighted by atomic mass is 9.96. The maximum absolute atomic E-state index is 15.6. The molecule has 2 aliphatic rings. The quantitative estimate of drug-likeness (QED) is 0.467. The number of aromatic nitrogens is 2. The highest BCUT2D eigenvalue weighted by Gasteiger charge is 2.57. The zero-order chi connectivity index (χ0) is 26.5. The van der Waals surface area contributed by atoms with Crippen LogP contribution < -0.4 is 4.72 Å². The van der Waals surface area contributed by atoms with E-state index in [1.54, 1.807) is 13.2 Å². The largest absolute Gasteiger partial charge is 0.332 e. The normalized spacial score (nSPS) is 20.8. The molecule has 1 N–H and O–H groups in total. The van der Waals surface area contributed by atoms with E-state index in [9.17, 15) is 26.4 Å². The summed E-state index contributed by atoms with van der Waals surface area (Å²) in [6, 6.07) is 6.81. The maximum Gasteiger partial charge on any atom is 0.274 e. The van der Waals surface area contributed by atoms with Crippen molar-refractivity contribution in [2.75, 3.05) is 6.54 Å². The molecule has 3 aromatic rings. The second-order valence-electron chi connectivity index (χ2n) is 9.48. The summed E-state index contributed by atoms with van der Waals surface area (Å²) in [5.41, 5.74) is 0.187. The molecule has 5 rings (SSSR count). The topological polar surface area (TPSA) is 84.3 Å². The number of alkyl halides is 1. The molecule has 196 valence electrons. The second kappa shape index (κ2) is 9.25. The highest BCUT2D eigenvalue weighted by molar-refractivity contribution is 7.91. The van der Waals surface area contributed by atoms with Gasteiger partial charge in [0, 0.05) is 50.3 Å². The zero-order valence-corrected chi connectivity index (χ0v) is 20.6. The van der Waals surface area contributed by atoms with Gasteiger partial charge in [0.05, 0.1) is 6.04 Å². The summed E-state index contributed by atoms with van der Waals surface area (Å²) in [4.78, 5) is 14.7. The third-order valence-corrected chi connectivity index (χ3v) is 8.84. The van der Waals surface area contributed by atoms with Crippen LogP contribution in [0.15, 0.2) is 48.7 Å². The van der Waals surface area contributed by atoms with E-state index in [0.29, 0.717) is 6.07 Å². The molecule has 1 aliphatic heterocycles. The number of likely N-dealkylation sites (tertiary alicyclic amines) is 1. The predicted octanol–water partition coefficient (Wildman–Crippen LogP) is 3.71. The number of carbonyl (C=O) groups excluding carboxylic acids is 1. The van der Waals surface area contributed by atoms with Gasteiger partial charge < -0.3 is 4.90 Å². The van der Waals surface area contributed by atoms with Gasteiger partial charge in [-0.1, -0.05) is 18.2 Å². The number of hydrogen-bond donors (Lipinski definition) is 1. The van der Waals surface area contributed by atoms with Gasteiger partial charge in [-0.3, -0.25) is 9.48 Å². The van der Waals surface area contributed by atoms with Gasteiger partial charge in [-0.25, -0.2) is 30.7 Å². The van der Waals surface area contributed by atoms with Gasteiger partial charge in [0.2, 0.25) is 15.0 Å². The van der Waals surface area contributed by atoms with E-state index < -0.39 is 50.5 Å².